The standard InChI is InChI=1S/C22H33ClO3/c1-15-7-6-12-22(5,23)21(26-18(4)24)11-9-16(2)13-20-19(10-8-15)17(3)14-25-20/h7,13,20-21H,6,8-12,14H2,1-5H3/b15-7+,16-13+/t20-,21?,22+/m0/s1. The lowest BCUT2D eigenvalue weighted by Crippen LogP contribution is -2.37. The zero-order valence-corrected chi connectivity index (χ0v) is 17.6. The summed E-state index contributed by atoms with van der Waals surface area (Å²) in [6, 6.07) is 0. The summed E-state index contributed by atoms with van der Waals surface area (Å²) in [5.41, 5.74) is 5.43. The van der Waals surface area contributed by atoms with E-state index in [9.17, 15) is 4.79 Å². The molecule has 2 aliphatic rings. The lowest BCUT2D eigenvalue weighted by molar-refractivity contribution is -0.148. The molecule has 1 unspecified atom stereocenters. The van der Waals surface area contributed by atoms with Gasteiger partial charge in [0.2, 0.25) is 0 Å². The minimum Gasteiger partial charge on any atom is -0.461 e. The van der Waals surface area contributed by atoms with Crippen molar-refractivity contribution in [2.75, 3.05) is 6.61 Å². The first-order valence-electron chi connectivity index (χ1n) is 9.68. The number of alkyl halides is 1. The normalized spacial score (nSPS) is 35.6. The number of hydrogen-bond acceptors (Lipinski definition) is 3. The molecule has 2 rings (SSSR count). The van der Waals surface area contributed by atoms with Gasteiger partial charge in [-0.15, -0.1) is 11.6 Å². The third kappa shape index (κ3) is 5.99. The van der Waals surface area contributed by atoms with Gasteiger partial charge >= 0.3 is 5.97 Å². The van der Waals surface area contributed by atoms with E-state index in [1.807, 2.05) is 6.92 Å². The van der Waals surface area contributed by atoms with E-state index < -0.39 is 4.87 Å². The highest BCUT2D eigenvalue weighted by atomic mass is 35.5. The van der Waals surface area contributed by atoms with Gasteiger partial charge in [-0.1, -0.05) is 23.3 Å². The number of allylic oxidation sites excluding steroid dienone is 3. The van der Waals surface area contributed by atoms with Crippen molar-refractivity contribution in [2.24, 2.45) is 0 Å². The first-order chi connectivity index (χ1) is 12.2. The van der Waals surface area contributed by atoms with Gasteiger partial charge in [0.25, 0.3) is 0 Å². The van der Waals surface area contributed by atoms with Crippen LogP contribution < -0.4 is 0 Å². The molecule has 146 valence electrons. The Morgan fingerprint density at radius 3 is 2.65 bits per heavy atom. The van der Waals surface area contributed by atoms with E-state index in [1.165, 1.54) is 29.2 Å². The Morgan fingerprint density at radius 1 is 1.23 bits per heavy atom. The molecule has 3 atom stereocenters. The van der Waals surface area contributed by atoms with Crippen molar-refractivity contribution in [1.29, 1.82) is 0 Å². The number of hydrogen-bond donors (Lipinski definition) is 0. The van der Waals surface area contributed by atoms with Gasteiger partial charge in [0.05, 0.1) is 17.6 Å². The van der Waals surface area contributed by atoms with E-state index in [2.05, 4.69) is 32.9 Å². The fourth-order valence-corrected chi connectivity index (χ4v) is 4.00. The maximum atomic E-state index is 11.6. The third-order valence-electron chi connectivity index (χ3n) is 5.50. The van der Waals surface area contributed by atoms with Crippen LogP contribution in [0.3, 0.4) is 0 Å². The second kappa shape index (κ2) is 9.23. The van der Waals surface area contributed by atoms with Crippen molar-refractivity contribution in [1.82, 2.24) is 0 Å². The molecule has 0 aromatic heterocycles. The Balaban J connectivity index is 2.25. The quantitative estimate of drug-likeness (QED) is 0.324. The number of carbonyl (C=O) groups is 1. The van der Waals surface area contributed by atoms with Crippen LogP contribution in [0.1, 0.15) is 73.1 Å². The van der Waals surface area contributed by atoms with Crippen LogP contribution in [0.15, 0.2) is 34.4 Å². The molecule has 0 amide bonds. The fourth-order valence-electron chi connectivity index (χ4n) is 3.73. The molecular weight excluding hydrogens is 348 g/mol. The Morgan fingerprint density at radius 2 is 1.96 bits per heavy atom. The van der Waals surface area contributed by atoms with Crippen molar-refractivity contribution >= 4 is 17.6 Å². The molecule has 0 saturated heterocycles. The highest BCUT2D eigenvalue weighted by molar-refractivity contribution is 6.24. The van der Waals surface area contributed by atoms with Crippen molar-refractivity contribution in [3.05, 3.63) is 34.4 Å². The predicted molar refractivity (Wildman–Crippen MR) is 107 cm³/mol. The van der Waals surface area contributed by atoms with Gasteiger partial charge in [0.15, 0.2) is 0 Å². The lowest BCUT2D eigenvalue weighted by atomic mass is 9.90. The number of fused-ring (bicyclic) bond motifs is 1. The Kier molecular flexibility index (Phi) is 7.54. The maximum absolute atomic E-state index is 11.6. The molecule has 0 radical (unpaired) electrons. The smallest absolute Gasteiger partial charge is 0.302 e. The highest BCUT2D eigenvalue weighted by Gasteiger charge is 2.34. The summed E-state index contributed by atoms with van der Waals surface area (Å²) in [5.74, 6) is -0.267. The van der Waals surface area contributed by atoms with Crippen molar-refractivity contribution < 1.29 is 14.3 Å². The SMILES string of the molecule is CC(=O)OC1CC/C(C)=C/[C@@H]2OCC(C)=C2CC/C(C)=C/CC[C@@]1(C)Cl. The van der Waals surface area contributed by atoms with Crippen LogP contribution in [-0.4, -0.2) is 29.7 Å². The summed E-state index contributed by atoms with van der Waals surface area (Å²) in [5, 5.41) is 0. The lowest BCUT2D eigenvalue weighted by Gasteiger charge is -2.31. The van der Waals surface area contributed by atoms with Gasteiger partial charge in [-0.05, 0) is 77.4 Å². The first kappa shape index (κ1) is 21.2. The number of halogens is 1. The molecular formula is C22H33ClO3. The number of ether oxygens (including phenoxy) is 2. The molecule has 26 heavy (non-hydrogen) atoms. The molecule has 0 saturated carbocycles. The molecule has 0 fully saturated rings. The van der Waals surface area contributed by atoms with Crippen LogP contribution >= 0.6 is 11.6 Å². The van der Waals surface area contributed by atoms with E-state index in [4.69, 9.17) is 21.1 Å². The summed E-state index contributed by atoms with van der Waals surface area (Å²) < 4.78 is 11.6. The van der Waals surface area contributed by atoms with Crippen molar-refractivity contribution in [2.45, 2.75) is 90.2 Å². The Labute approximate surface area is 163 Å². The first-order valence-corrected chi connectivity index (χ1v) is 10.1. The van der Waals surface area contributed by atoms with Crippen LogP contribution in [0, 0.1) is 0 Å². The number of rotatable bonds is 1. The van der Waals surface area contributed by atoms with Crippen molar-refractivity contribution in [3.63, 3.8) is 0 Å². The molecule has 0 bridgehead atoms. The topological polar surface area (TPSA) is 35.5 Å². The zero-order valence-electron chi connectivity index (χ0n) is 16.9. The molecule has 3 nitrogen and oxygen atoms in total. The van der Waals surface area contributed by atoms with Gasteiger partial charge < -0.3 is 9.47 Å². The minimum atomic E-state index is -0.557. The van der Waals surface area contributed by atoms with Crippen LogP contribution in [-0.2, 0) is 14.3 Å². The molecule has 0 spiro atoms. The monoisotopic (exact) mass is 380 g/mol. The molecule has 1 aliphatic heterocycles. The van der Waals surface area contributed by atoms with Gasteiger partial charge in [-0.3, -0.25) is 4.79 Å². The predicted octanol–water partition coefficient (Wildman–Crippen LogP) is 5.88. The molecule has 0 aromatic rings. The van der Waals surface area contributed by atoms with Crippen LogP contribution in [0.5, 0.6) is 0 Å². The van der Waals surface area contributed by atoms with Crippen LogP contribution in [0.25, 0.3) is 0 Å². The second-order valence-electron chi connectivity index (χ2n) is 8.05. The molecule has 0 aromatic carbocycles. The molecule has 0 N–H and O–H groups in total. The average Bonchev–Trinajstić information content (AvgIpc) is 2.88. The summed E-state index contributed by atoms with van der Waals surface area (Å²) in [4.78, 5) is 11.0. The largest absolute Gasteiger partial charge is 0.461 e. The maximum Gasteiger partial charge on any atom is 0.302 e. The van der Waals surface area contributed by atoms with Crippen LogP contribution in [0.2, 0.25) is 0 Å². The van der Waals surface area contributed by atoms with Gasteiger partial charge in [0.1, 0.15) is 6.10 Å². The summed E-state index contributed by atoms with van der Waals surface area (Å²) in [7, 11) is 0. The van der Waals surface area contributed by atoms with E-state index in [0.717, 1.165) is 45.1 Å². The minimum absolute atomic E-state index is 0.0836. The van der Waals surface area contributed by atoms with Crippen molar-refractivity contribution in [3.8, 4) is 0 Å². The third-order valence-corrected chi connectivity index (χ3v) is 5.93. The van der Waals surface area contributed by atoms with E-state index in [0.29, 0.717) is 0 Å². The van der Waals surface area contributed by atoms with E-state index >= 15 is 0 Å². The molecule has 1 aliphatic carbocycles. The van der Waals surface area contributed by atoms with Gasteiger partial charge in [-0.25, -0.2) is 0 Å². The van der Waals surface area contributed by atoms with Gasteiger partial charge in [0, 0.05) is 6.92 Å². The number of esters is 1. The van der Waals surface area contributed by atoms with Gasteiger partial charge in [-0.2, -0.15) is 0 Å². The summed E-state index contributed by atoms with van der Waals surface area (Å²) >= 11 is 6.80. The van der Waals surface area contributed by atoms with Crippen LogP contribution in [0.4, 0.5) is 0 Å². The molecule has 1 heterocycles. The average molecular weight is 381 g/mol. The highest BCUT2D eigenvalue weighted by Crippen LogP contribution is 2.34. The Hall–Kier alpha value is -1.06. The summed E-state index contributed by atoms with van der Waals surface area (Å²) in [6.45, 7) is 10.7. The number of carbonyl (C=O) groups excluding carboxylic acids is 1. The fraction of sp³-hybridized carbons (Fsp3) is 0.682. The van der Waals surface area contributed by atoms with E-state index in [1.54, 1.807) is 0 Å². The summed E-state index contributed by atoms with van der Waals surface area (Å²) in [6.07, 6.45) is 9.67. The zero-order chi connectivity index (χ0) is 19.3. The Bertz CT molecular complexity index is 613. The molecule has 4 heteroatoms. The van der Waals surface area contributed by atoms with E-state index in [-0.39, 0.29) is 18.2 Å². The second-order valence-corrected chi connectivity index (χ2v) is 8.92.